The molecule has 0 saturated heterocycles. The van der Waals surface area contributed by atoms with Crippen LogP contribution in [0.1, 0.15) is 71.6 Å². The van der Waals surface area contributed by atoms with Crippen LogP contribution in [0.2, 0.25) is 5.02 Å². The van der Waals surface area contributed by atoms with E-state index in [9.17, 15) is 23.1 Å². The zero-order valence-electron chi connectivity index (χ0n) is 20.5. The third-order valence-corrected chi connectivity index (χ3v) is 10.5. The number of fused-ring (bicyclic) bond motifs is 1. The average molecular weight is 535 g/mol. The summed E-state index contributed by atoms with van der Waals surface area (Å²) in [6.07, 6.45) is 2.94. The van der Waals surface area contributed by atoms with Crippen molar-refractivity contribution < 1.29 is 23.1 Å². The summed E-state index contributed by atoms with van der Waals surface area (Å²) in [6.45, 7) is 3.98. The van der Waals surface area contributed by atoms with Crippen molar-refractivity contribution in [3.63, 3.8) is 0 Å². The Balaban J connectivity index is 1.40. The van der Waals surface area contributed by atoms with E-state index >= 15 is 0 Å². The van der Waals surface area contributed by atoms with E-state index in [2.05, 4.69) is 10.4 Å². The lowest BCUT2D eigenvalue weighted by atomic mass is 10.0. The standard InChI is InChI=1S/C25H31ClN4O5S/c1-24(2,33)14-30-21-19(20(28-30)22(31)27-13-16-3-5-17(26)6-4-16)9-12-29(23(21)32)15-25(10-11-25)36(34,35)18-7-8-18/h3-6,18,33H,7-15H2,1-2H3,(H,27,31). The first-order chi connectivity index (χ1) is 16.9. The normalized spacial score (nSPS) is 19.2. The van der Waals surface area contributed by atoms with Gasteiger partial charge >= 0.3 is 0 Å². The second-order valence-corrected chi connectivity index (χ2v) is 13.9. The van der Waals surface area contributed by atoms with Crippen LogP contribution in [0.3, 0.4) is 0 Å². The molecule has 0 bridgehead atoms. The Morgan fingerprint density at radius 2 is 1.92 bits per heavy atom. The maximum atomic E-state index is 13.6. The minimum atomic E-state index is -3.27. The number of hydrogen-bond acceptors (Lipinski definition) is 6. The van der Waals surface area contributed by atoms with Crippen LogP contribution in [0, 0.1) is 0 Å². The molecule has 2 aromatic rings. The Kier molecular flexibility index (Phi) is 6.20. The first kappa shape index (κ1) is 25.2. The van der Waals surface area contributed by atoms with Crippen molar-refractivity contribution in [2.45, 2.75) is 74.6 Å². The molecule has 0 spiro atoms. The molecule has 9 nitrogen and oxygen atoms in total. The molecule has 5 rings (SSSR count). The number of amides is 2. The highest BCUT2D eigenvalue weighted by Gasteiger charge is 2.60. The van der Waals surface area contributed by atoms with Gasteiger partial charge in [-0.15, -0.1) is 0 Å². The number of nitrogens with one attached hydrogen (secondary N) is 1. The van der Waals surface area contributed by atoms with Gasteiger partial charge in [-0.05, 0) is 63.6 Å². The van der Waals surface area contributed by atoms with Gasteiger partial charge in [0.1, 0.15) is 5.69 Å². The third kappa shape index (κ3) is 4.78. The molecule has 2 heterocycles. The summed E-state index contributed by atoms with van der Waals surface area (Å²) in [6, 6.07) is 7.12. The van der Waals surface area contributed by atoms with Gasteiger partial charge in [-0.1, -0.05) is 23.7 Å². The van der Waals surface area contributed by atoms with Crippen LogP contribution < -0.4 is 5.32 Å². The highest BCUT2D eigenvalue weighted by atomic mass is 35.5. The van der Waals surface area contributed by atoms with E-state index in [4.69, 9.17) is 11.6 Å². The van der Waals surface area contributed by atoms with Crippen molar-refractivity contribution in [2.75, 3.05) is 13.1 Å². The number of nitrogens with zero attached hydrogens (tertiary/aromatic N) is 3. The molecule has 3 aliphatic rings. The second kappa shape index (κ2) is 8.85. The first-order valence-corrected chi connectivity index (χ1v) is 14.2. The van der Waals surface area contributed by atoms with Gasteiger partial charge < -0.3 is 15.3 Å². The van der Waals surface area contributed by atoms with E-state index in [-0.39, 0.29) is 42.2 Å². The lowest BCUT2D eigenvalue weighted by Crippen LogP contribution is -2.47. The van der Waals surface area contributed by atoms with Gasteiger partial charge in [-0.3, -0.25) is 14.3 Å². The van der Waals surface area contributed by atoms with Crippen molar-refractivity contribution in [3.8, 4) is 0 Å². The molecule has 1 aliphatic heterocycles. The van der Waals surface area contributed by atoms with Crippen LogP contribution in [-0.4, -0.2) is 68.7 Å². The molecule has 0 atom stereocenters. The molecule has 0 radical (unpaired) electrons. The zero-order chi connectivity index (χ0) is 25.9. The predicted octanol–water partition coefficient (Wildman–Crippen LogP) is 2.35. The van der Waals surface area contributed by atoms with E-state index in [0.29, 0.717) is 49.2 Å². The maximum absolute atomic E-state index is 13.6. The number of halogens is 1. The number of sulfone groups is 1. The Morgan fingerprint density at radius 3 is 2.50 bits per heavy atom. The van der Waals surface area contributed by atoms with Crippen molar-refractivity contribution in [2.24, 2.45) is 0 Å². The predicted molar refractivity (Wildman–Crippen MR) is 135 cm³/mol. The van der Waals surface area contributed by atoms with Gasteiger partial charge in [0.15, 0.2) is 15.5 Å². The van der Waals surface area contributed by atoms with E-state index in [1.165, 1.54) is 4.68 Å². The van der Waals surface area contributed by atoms with Crippen LogP contribution >= 0.6 is 11.6 Å². The summed E-state index contributed by atoms with van der Waals surface area (Å²) in [5.41, 5.74) is 0.630. The SMILES string of the molecule is CC(C)(O)Cn1nc(C(=O)NCc2ccc(Cl)cc2)c2c1C(=O)N(CC1(S(=O)(=O)C3CC3)CC1)CC2. The molecule has 2 amide bonds. The third-order valence-electron chi connectivity index (χ3n) is 7.14. The summed E-state index contributed by atoms with van der Waals surface area (Å²) >= 11 is 5.93. The molecule has 2 saturated carbocycles. The lowest BCUT2D eigenvalue weighted by Gasteiger charge is -2.31. The van der Waals surface area contributed by atoms with Crippen LogP contribution in [0.4, 0.5) is 0 Å². The highest BCUT2D eigenvalue weighted by molar-refractivity contribution is 7.94. The summed E-state index contributed by atoms with van der Waals surface area (Å²) in [5, 5.41) is 18.1. The molecular formula is C25H31ClN4O5S. The summed E-state index contributed by atoms with van der Waals surface area (Å²) < 4.78 is 26.6. The summed E-state index contributed by atoms with van der Waals surface area (Å²) in [4.78, 5) is 28.3. The Labute approximate surface area is 215 Å². The molecule has 2 fully saturated rings. The molecule has 2 N–H and O–H groups in total. The molecule has 36 heavy (non-hydrogen) atoms. The van der Waals surface area contributed by atoms with E-state index in [1.54, 1.807) is 30.9 Å². The largest absolute Gasteiger partial charge is 0.389 e. The number of carbonyl (C=O) groups excluding carboxylic acids is 2. The zero-order valence-corrected chi connectivity index (χ0v) is 22.0. The van der Waals surface area contributed by atoms with Crippen LogP contribution in [-0.2, 0) is 29.3 Å². The van der Waals surface area contributed by atoms with E-state index < -0.39 is 26.1 Å². The Hall–Kier alpha value is -2.43. The molecule has 194 valence electrons. The van der Waals surface area contributed by atoms with Gasteiger partial charge in [0.25, 0.3) is 11.8 Å². The second-order valence-electron chi connectivity index (χ2n) is 10.9. The molecule has 2 aliphatic carbocycles. The van der Waals surface area contributed by atoms with Crippen molar-refractivity contribution in [1.29, 1.82) is 0 Å². The number of aliphatic hydroxyl groups is 1. The highest BCUT2D eigenvalue weighted by Crippen LogP contribution is 2.51. The summed E-state index contributed by atoms with van der Waals surface area (Å²) in [5.74, 6) is -0.756. The fraction of sp³-hybridized carbons (Fsp3) is 0.560. The fourth-order valence-electron chi connectivity index (χ4n) is 4.91. The average Bonchev–Trinajstić information content (AvgIpc) is 3.72. The van der Waals surface area contributed by atoms with E-state index in [1.807, 2.05) is 12.1 Å². The topological polar surface area (TPSA) is 122 Å². The molecule has 1 aromatic heterocycles. The lowest BCUT2D eigenvalue weighted by molar-refractivity contribution is 0.0535. The van der Waals surface area contributed by atoms with Crippen molar-refractivity contribution in [1.82, 2.24) is 20.0 Å². The van der Waals surface area contributed by atoms with Gasteiger partial charge in [0.05, 0.1) is 22.1 Å². The number of aromatic nitrogens is 2. The Bertz CT molecular complexity index is 1310. The van der Waals surface area contributed by atoms with Gasteiger partial charge in [-0.2, -0.15) is 5.10 Å². The van der Waals surface area contributed by atoms with Crippen molar-refractivity contribution in [3.05, 3.63) is 51.8 Å². The number of rotatable bonds is 9. The van der Waals surface area contributed by atoms with Crippen molar-refractivity contribution >= 4 is 33.3 Å². The van der Waals surface area contributed by atoms with Gasteiger partial charge in [0.2, 0.25) is 0 Å². The number of hydrogen-bond donors (Lipinski definition) is 2. The number of benzene rings is 1. The minimum absolute atomic E-state index is 0.0187. The van der Waals surface area contributed by atoms with Crippen LogP contribution in [0.15, 0.2) is 24.3 Å². The van der Waals surface area contributed by atoms with Crippen LogP contribution in [0.25, 0.3) is 0 Å². The monoisotopic (exact) mass is 534 g/mol. The maximum Gasteiger partial charge on any atom is 0.272 e. The Morgan fingerprint density at radius 1 is 1.25 bits per heavy atom. The molecule has 1 aromatic carbocycles. The first-order valence-electron chi connectivity index (χ1n) is 12.3. The van der Waals surface area contributed by atoms with E-state index in [0.717, 1.165) is 5.56 Å². The molecule has 11 heteroatoms. The summed E-state index contributed by atoms with van der Waals surface area (Å²) in [7, 11) is -3.27. The molecule has 0 unspecified atom stereocenters. The minimum Gasteiger partial charge on any atom is -0.389 e. The van der Waals surface area contributed by atoms with Gasteiger partial charge in [-0.25, -0.2) is 8.42 Å². The number of carbonyl (C=O) groups is 2. The van der Waals surface area contributed by atoms with Gasteiger partial charge in [0, 0.05) is 30.2 Å². The van der Waals surface area contributed by atoms with Crippen LogP contribution in [0.5, 0.6) is 0 Å². The smallest absolute Gasteiger partial charge is 0.272 e. The fourth-order valence-corrected chi connectivity index (χ4v) is 7.50. The quantitative estimate of drug-likeness (QED) is 0.509. The molecular weight excluding hydrogens is 504 g/mol.